The summed E-state index contributed by atoms with van der Waals surface area (Å²) in [6.45, 7) is 2.13. The minimum Gasteiger partial charge on any atom is -0.198 e. The van der Waals surface area contributed by atoms with Crippen molar-refractivity contribution in [2.45, 2.75) is 71.1 Å². The van der Waals surface area contributed by atoms with Gasteiger partial charge < -0.3 is 0 Å². The maximum absolute atomic E-state index is 8.94. The van der Waals surface area contributed by atoms with E-state index >= 15 is 0 Å². The summed E-state index contributed by atoms with van der Waals surface area (Å²) in [4.78, 5) is 0. The Kier molecular flexibility index (Phi) is 6.54. The maximum atomic E-state index is 8.94. The van der Waals surface area contributed by atoms with E-state index in [1.807, 2.05) is 0 Å². The van der Waals surface area contributed by atoms with Gasteiger partial charge in [0.05, 0.1) is 6.07 Å². The van der Waals surface area contributed by atoms with Crippen molar-refractivity contribution in [1.29, 1.82) is 5.26 Å². The smallest absolute Gasteiger partial charge is 0.0625 e. The molecule has 2 rings (SSSR count). The van der Waals surface area contributed by atoms with Crippen LogP contribution in [-0.2, 0) is 6.42 Å². The van der Waals surface area contributed by atoms with Crippen LogP contribution in [0.1, 0.15) is 68.9 Å². The largest absolute Gasteiger partial charge is 0.198 e. The van der Waals surface area contributed by atoms with Crippen LogP contribution in [0, 0.1) is 18.3 Å². The van der Waals surface area contributed by atoms with Crippen LogP contribution in [0.3, 0.4) is 0 Å². The summed E-state index contributed by atoms with van der Waals surface area (Å²) in [5, 5.41) is 8.94. The third-order valence-corrected chi connectivity index (χ3v) is 4.53. The molecule has 112 valence electrons. The van der Waals surface area contributed by atoms with E-state index in [1.165, 1.54) is 56.1 Å². The van der Waals surface area contributed by atoms with Gasteiger partial charge in [-0.1, -0.05) is 60.2 Å². The lowest BCUT2D eigenvalue weighted by atomic mass is 9.88. The Morgan fingerprint density at radius 2 is 1.62 bits per heavy atom. The van der Waals surface area contributed by atoms with Crippen molar-refractivity contribution in [2.75, 3.05) is 0 Å². The van der Waals surface area contributed by atoms with E-state index in [4.69, 9.17) is 5.26 Å². The van der Waals surface area contributed by atoms with E-state index in [-0.39, 0.29) is 0 Å². The molecule has 1 aromatic carbocycles. The number of aryl methyl sites for hydroxylation is 1. The number of benzene rings is 1. The van der Waals surface area contributed by atoms with Gasteiger partial charge in [0.1, 0.15) is 0 Å². The first kappa shape index (κ1) is 15.8. The van der Waals surface area contributed by atoms with Crippen molar-refractivity contribution >= 4 is 0 Å². The first-order chi connectivity index (χ1) is 10.3. The van der Waals surface area contributed by atoms with Crippen LogP contribution in [0.15, 0.2) is 35.4 Å². The molecule has 0 bridgehead atoms. The van der Waals surface area contributed by atoms with Crippen molar-refractivity contribution < 1.29 is 0 Å². The Morgan fingerprint density at radius 3 is 2.24 bits per heavy atom. The van der Waals surface area contributed by atoms with Crippen molar-refractivity contribution in [1.82, 2.24) is 0 Å². The highest BCUT2D eigenvalue weighted by molar-refractivity contribution is 5.28. The van der Waals surface area contributed by atoms with Crippen molar-refractivity contribution in [2.24, 2.45) is 0 Å². The fourth-order valence-electron chi connectivity index (χ4n) is 3.23. The lowest BCUT2D eigenvalue weighted by Gasteiger charge is -2.18. The van der Waals surface area contributed by atoms with Gasteiger partial charge in [-0.05, 0) is 51.0 Å². The highest BCUT2D eigenvalue weighted by Gasteiger charge is 2.10. The number of rotatable bonds is 4. The van der Waals surface area contributed by atoms with Crippen molar-refractivity contribution in [3.8, 4) is 6.07 Å². The number of allylic oxidation sites excluding steroid dienone is 2. The summed E-state index contributed by atoms with van der Waals surface area (Å²) >= 11 is 0. The van der Waals surface area contributed by atoms with Gasteiger partial charge in [0.2, 0.25) is 0 Å². The molecule has 1 aliphatic rings. The molecule has 0 spiro atoms. The Labute approximate surface area is 129 Å². The lowest BCUT2D eigenvalue weighted by molar-refractivity contribution is 0.562. The summed E-state index contributed by atoms with van der Waals surface area (Å²) in [6, 6.07) is 11.2. The fourth-order valence-corrected chi connectivity index (χ4v) is 3.23. The molecule has 1 aliphatic carbocycles. The van der Waals surface area contributed by atoms with Gasteiger partial charge in [0, 0.05) is 6.42 Å². The number of hydrogen-bond acceptors (Lipinski definition) is 1. The molecule has 0 radical (unpaired) electrons. The number of hydrogen-bond donors (Lipinski definition) is 0. The Hall–Kier alpha value is -1.55. The molecule has 1 saturated carbocycles. The quantitative estimate of drug-likeness (QED) is 0.632. The van der Waals surface area contributed by atoms with Crippen LogP contribution < -0.4 is 0 Å². The SMILES string of the molecule is Cc1ccc(CC(CCC#N)=C2CCCCCCC2)cc1. The molecule has 21 heavy (non-hydrogen) atoms. The average Bonchev–Trinajstić information content (AvgIpc) is 2.46. The van der Waals surface area contributed by atoms with Crippen LogP contribution in [0.4, 0.5) is 0 Å². The highest BCUT2D eigenvalue weighted by atomic mass is 14.2. The predicted octanol–water partition coefficient (Wildman–Crippen LogP) is 5.88. The minimum absolute atomic E-state index is 0.657. The molecule has 0 aromatic heterocycles. The monoisotopic (exact) mass is 281 g/mol. The summed E-state index contributed by atoms with van der Waals surface area (Å²) in [5.74, 6) is 0. The van der Waals surface area contributed by atoms with Gasteiger partial charge in [-0.2, -0.15) is 5.26 Å². The summed E-state index contributed by atoms with van der Waals surface area (Å²) in [5.41, 5.74) is 5.91. The molecule has 1 nitrogen and oxygen atoms in total. The van der Waals surface area contributed by atoms with Crippen LogP contribution in [0.2, 0.25) is 0 Å². The van der Waals surface area contributed by atoms with Gasteiger partial charge in [-0.3, -0.25) is 0 Å². The van der Waals surface area contributed by atoms with E-state index in [9.17, 15) is 0 Å². The Morgan fingerprint density at radius 1 is 1.00 bits per heavy atom. The van der Waals surface area contributed by atoms with E-state index in [0.29, 0.717) is 6.42 Å². The first-order valence-corrected chi connectivity index (χ1v) is 8.42. The van der Waals surface area contributed by atoms with Gasteiger partial charge >= 0.3 is 0 Å². The van der Waals surface area contributed by atoms with Gasteiger partial charge in [-0.15, -0.1) is 0 Å². The summed E-state index contributed by atoms with van der Waals surface area (Å²) in [7, 11) is 0. The van der Waals surface area contributed by atoms with Crippen LogP contribution >= 0.6 is 0 Å². The predicted molar refractivity (Wildman–Crippen MR) is 89.1 cm³/mol. The molecular formula is C20H27N. The standard InChI is InChI=1S/C20H27N/c1-17-11-13-18(14-12-17)16-20(10-7-15-21)19-8-5-3-2-4-6-9-19/h11-14H,2-10,16H2,1H3. The topological polar surface area (TPSA) is 23.8 Å². The van der Waals surface area contributed by atoms with Crippen molar-refractivity contribution in [3.63, 3.8) is 0 Å². The summed E-state index contributed by atoms with van der Waals surface area (Å²) < 4.78 is 0. The zero-order valence-corrected chi connectivity index (χ0v) is 13.3. The van der Waals surface area contributed by atoms with Gasteiger partial charge in [0.25, 0.3) is 0 Å². The molecule has 0 unspecified atom stereocenters. The van der Waals surface area contributed by atoms with Crippen LogP contribution in [-0.4, -0.2) is 0 Å². The maximum Gasteiger partial charge on any atom is 0.0625 e. The minimum atomic E-state index is 0.657. The third-order valence-electron chi connectivity index (χ3n) is 4.53. The second kappa shape index (κ2) is 8.67. The van der Waals surface area contributed by atoms with E-state index in [0.717, 1.165) is 12.8 Å². The second-order valence-corrected chi connectivity index (χ2v) is 6.30. The van der Waals surface area contributed by atoms with E-state index < -0.39 is 0 Å². The Bertz CT molecular complexity index is 492. The molecule has 0 saturated heterocycles. The number of nitriles is 1. The average molecular weight is 281 g/mol. The van der Waals surface area contributed by atoms with Crippen LogP contribution in [0.5, 0.6) is 0 Å². The number of nitrogens with zero attached hydrogens (tertiary/aromatic N) is 1. The second-order valence-electron chi connectivity index (χ2n) is 6.30. The van der Waals surface area contributed by atoms with E-state index in [2.05, 4.69) is 37.3 Å². The lowest BCUT2D eigenvalue weighted by Crippen LogP contribution is -2.01. The zero-order chi connectivity index (χ0) is 14.9. The van der Waals surface area contributed by atoms with Gasteiger partial charge in [0.15, 0.2) is 0 Å². The molecule has 0 amide bonds. The zero-order valence-electron chi connectivity index (χ0n) is 13.3. The first-order valence-electron chi connectivity index (χ1n) is 8.42. The molecule has 1 fully saturated rings. The molecule has 0 heterocycles. The fraction of sp³-hybridized carbons (Fsp3) is 0.550. The normalized spacial score (nSPS) is 15.9. The molecule has 0 atom stereocenters. The molecule has 1 aromatic rings. The molecular weight excluding hydrogens is 254 g/mol. The highest BCUT2D eigenvalue weighted by Crippen LogP contribution is 2.28. The Balaban J connectivity index is 2.15. The molecule has 0 N–H and O–H groups in total. The molecule has 0 aliphatic heterocycles. The van der Waals surface area contributed by atoms with Gasteiger partial charge in [-0.25, -0.2) is 0 Å². The van der Waals surface area contributed by atoms with Crippen molar-refractivity contribution in [3.05, 3.63) is 46.5 Å². The van der Waals surface area contributed by atoms with Crippen LogP contribution in [0.25, 0.3) is 0 Å². The van der Waals surface area contributed by atoms with E-state index in [1.54, 1.807) is 11.1 Å². The summed E-state index contributed by atoms with van der Waals surface area (Å²) in [6.07, 6.45) is 12.0. The molecule has 1 heteroatoms. The third kappa shape index (κ3) is 5.38.